The summed E-state index contributed by atoms with van der Waals surface area (Å²) in [4.78, 5) is 2.45. The summed E-state index contributed by atoms with van der Waals surface area (Å²) in [6, 6.07) is 81.8. The summed E-state index contributed by atoms with van der Waals surface area (Å²) in [5.74, 6) is 0. The van der Waals surface area contributed by atoms with E-state index < -0.39 is 5.41 Å². The topological polar surface area (TPSA) is 29.5 Å². The maximum atomic E-state index is 7.29. The highest BCUT2D eigenvalue weighted by atomic mass is 16.3. The Kier molecular flexibility index (Phi) is 7.95. The van der Waals surface area contributed by atoms with Crippen molar-refractivity contribution in [3.05, 3.63) is 258 Å². The predicted octanol–water partition coefficient (Wildman–Crippen LogP) is 17.3. The molecular weight excluding hydrogens is 815 g/mol. The van der Waals surface area contributed by atoms with Crippen molar-refractivity contribution in [1.29, 1.82) is 0 Å². The van der Waals surface area contributed by atoms with Gasteiger partial charge in [0.15, 0.2) is 0 Å². The van der Waals surface area contributed by atoms with Gasteiger partial charge >= 0.3 is 0 Å². The highest BCUT2D eigenvalue weighted by molar-refractivity contribution is 6.15. The summed E-state index contributed by atoms with van der Waals surface area (Å²) in [6.45, 7) is 4.71. The van der Waals surface area contributed by atoms with Crippen LogP contribution >= 0.6 is 0 Å². The zero-order valence-corrected chi connectivity index (χ0v) is 37.1. The minimum atomic E-state index is -0.646. The van der Waals surface area contributed by atoms with Crippen LogP contribution in [0.3, 0.4) is 0 Å². The lowest BCUT2D eigenvalue weighted by atomic mass is 9.67. The van der Waals surface area contributed by atoms with Crippen LogP contribution in [0.5, 0.6) is 0 Å². The molecule has 0 spiro atoms. The second kappa shape index (κ2) is 14.1. The number of hydrogen-bond donors (Lipinski definition) is 0. The van der Waals surface area contributed by atoms with Crippen LogP contribution in [-0.2, 0) is 10.8 Å². The summed E-state index contributed by atoms with van der Waals surface area (Å²) in [5.41, 5.74) is 20.6. The first-order valence-electron chi connectivity index (χ1n) is 23.2. The van der Waals surface area contributed by atoms with Gasteiger partial charge in [0, 0.05) is 44.1 Å². The molecule has 0 amide bonds. The molecule has 2 heterocycles. The van der Waals surface area contributed by atoms with Crippen LogP contribution in [0.2, 0.25) is 0 Å². The lowest BCUT2D eigenvalue weighted by Gasteiger charge is -2.35. The van der Waals surface area contributed by atoms with Gasteiger partial charge in [-0.2, -0.15) is 0 Å². The molecule has 2 aliphatic rings. The van der Waals surface area contributed by atoms with Crippen molar-refractivity contribution in [1.82, 2.24) is 0 Å². The molecule has 316 valence electrons. The van der Waals surface area contributed by atoms with Gasteiger partial charge in [-0.15, -0.1) is 0 Å². The van der Waals surface area contributed by atoms with E-state index in [0.29, 0.717) is 0 Å². The smallest absolute Gasteiger partial charge is 0.143 e. The van der Waals surface area contributed by atoms with Gasteiger partial charge in [-0.3, -0.25) is 0 Å². The first-order valence-corrected chi connectivity index (χ1v) is 23.2. The molecule has 0 saturated heterocycles. The van der Waals surface area contributed by atoms with Gasteiger partial charge in [0.1, 0.15) is 22.3 Å². The minimum absolute atomic E-state index is 0.185. The fourth-order valence-corrected chi connectivity index (χ4v) is 12.0. The molecule has 10 aromatic carbocycles. The standard InChI is InChI=1S/C64H43NO2/c1-63(2)52-26-11-6-19-45(52)48-36-35-43(39-56(48)63)65(42-33-31-40(32-34-42)44-24-16-25-50-49-22-9-14-29-58(49)66-61(44)50)57-38-37-55(62-60(57)51-23-10-15-30-59(51)67-62)64(41-17-4-3-5-18-41)53-27-12-7-20-46(53)47-21-8-13-28-54(47)64/h3-39H,1-2H3. The molecule has 0 radical (unpaired) electrons. The Hall–Kier alpha value is -8.40. The van der Waals surface area contributed by atoms with Crippen molar-refractivity contribution >= 4 is 60.9 Å². The molecule has 2 aromatic heterocycles. The van der Waals surface area contributed by atoms with E-state index in [-0.39, 0.29) is 5.41 Å². The van der Waals surface area contributed by atoms with Gasteiger partial charge < -0.3 is 13.7 Å². The van der Waals surface area contributed by atoms with Crippen LogP contribution in [0, 0.1) is 0 Å². The fourth-order valence-electron chi connectivity index (χ4n) is 12.0. The maximum Gasteiger partial charge on any atom is 0.143 e. The SMILES string of the molecule is CC1(C)c2ccccc2-c2ccc(N(c3ccc(-c4cccc5c4oc4ccccc45)cc3)c3ccc(C4(c5ccccc5)c5ccccc5-c5ccccc54)c4oc5ccccc5c34)cc21. The van der Waals surface area contributed by atoms with E-state index in [1.165, 1.54) is 50.1 Å². The Morgan fingerprint density at radius 2 is 0.896 bits per heavy atom. The minimum Gasteiger partial charge on any atom is -0.456 e. The van der Waals surface area contributed by atoms with Gasteiger partial charge in [0.05, 0.1) is 16.5 Å². The Balaban J connectivity index is 1.04. The van der Waals surface area contributed by atoms with Crippen molar-refractivity contribution in [3.8, 4) is 33.4 Å². The summed E-state index contributed by atoms with van der Waals surface area (Å²) < 4.78 is 13.8. The summed E-state index contributed by atoms with van der Waals surface area (Å²) in [7, 11) is 0. The molecule has 3 heteroatoms. The molecule has 3 nitrogen and oxygen atoms in total. The van der Waals surface area contributed by atoms with Crippen molar-refractivity contribution in [2.45, 2.75) is 24.7 Å². The van der Waals surface area contributed by atoms with E-state index in [0.717, 1.165) is 77.6 Å². The Labute approximate surface area is 388 Å². The average molecular weight is 858 g/mol. The first kappa shape index (κ1) is 37.9. The van der Waals surface area contributed by atoms with Crippen molar-refractivity contribution in [2.24, 2.45) is 0 Å². The quantitative estimate of drug-likeness (QED) is 0.167. The summed E-state index contributed by atoms with van der Waals surface area (Å²) >= 11 is 0. The Morgan fingerprint density at radius 3 is 1.63 bits per heavy atom. The van der Waals surface area contributed by atoms with Crippen molar-refractivity contribution < 1.29 is 8.83 Å². The number of rotatable bonds is 6. The lowest BCUT2D eigenvalue weighted by Crippen LogP contribution is -2.29. The highest BCUT2D eigenvalue weighted by Crippen LogP contribution is 2.59. The van der Waals surface area contributed by atoms with Crippen LogP contribution in [0.1, 0.15) is 47.2 Å². The van der Waals surface area contributed by atoms with E-state index in [4.69, 9.17) is 8.83 Å². The second-order valence-electron chi connectivity index (χ2n) is 18.7. The fraction of sp³-hybridized carbons (Fsp3) is 0.0625. The van der Waals surface area contributed by atoms with Crippen molar-refractivity contribution in [3.63, 3.8) is 0 Å². The molecular formula is C64H43NO2. The zero-order chi connectivity index (χ0) is 44.4. The van der Waals surface area contributed by atoms with Gasteiger partial charge in [-0.25, -0.2) is 0 Å². The number of hydrogen-bond acceptors (Lipinski definition) is 3. The molecule has 14 rings (SSSR count). The third-order valence-corrected chi connectivity index (χ3v) is 15.0. The summed E-state index contributed by atoms with van der Waals surface area (Å²) in [6.07, 6.45) is 0. The van der Waals surface area contributed by atoms with Gasteiger partial charge in [-0.1, -0.05) is 196 Å². The zero-order valence-electron chi connectivity index (χ0n) is 37.1. The first-order chi connectivity index (χ1) is 33.0. The second-order valence-corrected chi connectivity index (χ2v) is 18.7. The molecule has 0 bridgehead atoms. The maximum absolute atomic E-state index is 7.29. The molecule has 2 aliphatic carbocycles. The number of furan rings is 2. The normalized spacial score (nSPS) is 14.1. The summed E-state index contributed by atoms with van der Waals surface area (Å²) in [5, 5.41) is 4.39. The van der Waals surface area contributed by atoms with Crippen LogP contribution in [-0.4, -0.2) is 0 Å². The highest BCUT2D eigenvalue weighted by Gasteiger charge is 2.48. The molecule has 67 heavy (non-hydrogen) atoms. The molecule has 0 atom stereocenters. The van der Waals surface area contributed by atoms with Crippen molar-refractivity contribution in [2.75, 3.05) is 4.90 Å². The number of para-hydroxylation sites is 3. The van der Waals surface area contributed by atoms with E-state index in [9.17, 15) is 0 Å². The molecule has 0 N–H and O–H groups in total. The van der Waals surface area contributed by atoms with E-state index in [2.05, 4.69) is 231 Å². The van der Waals surface area contributed by atoms with Crippen LogP contribution < -0.4 is 4.90 Å². The molecule has 0 fully saturated rings. The monoisotopic (exact) mass is 857 g/mol. The van der Waals surface area contributed by atoms with Gasteiger partial charge in [0.25, 0.3) is 0 Å². The molecule has 0 aliphatic heterocycles. The molecule has 0 saturated carbocycles. The number of nitrogens with zero attached hydrogens (tertiary/aromatic N) is 1. The average Bonchev–Trinajstić information content (AvgIpc) is 4.11. The van der Waals surface area contributed by atoms with Gasteiger partial charge in [-0.05, 0) is 98.1 Å². The predicted molar refractivity (Wildman–Crippen MR) is 276 cm³/mol. The van der Waals surface area contributed by atoms with E-state index >= 15 is 0 Å². The van der Waals surface area contributed by atoms with Gasteiger partial charge in [0.2, 0.25) is 0 Å². The number of anilines is 3. The van der Waals surface area contributed by atoms with E-state index in [1.54, 1.807) is 0 Å². The molecule has 12 aromatic rings. The Morgan fingerprint density at radius 1 is 0.358 bits per heavy atom. The third-order valence-electron chi connectivity index (χ3n) is 15.0. The van der Waals surface area contributed by atoms with E-state index in [1.807, 2.05) is 12.1 Å². The van der Waals surface area contributed by atoms with Crippen LogP contribution in [0.4, 0.5) is 17.1 Å². The van der Waals surface area contributed by atoms with Crippen LogP contribution in [0.15, 0.2) is 233 Å². The lowest BCUT2D eigenvalue weighted by molar-refractivity contribution is 0.648. The largest absolute Gasteiger partial charge is 0.456 e. The number of benzene rings is 10. The third kappa shape index (κ3) is 5.23. The Bertz CT molecular complexity index is 3920. The van der Waals surface area contributed by atoms with Crippen LogP contribution in [0.25, 0.3) is 77.3 Å². The molecule has 0 unspecified atom stereocenters. The number of fused-ring (bicyclic) bond motifs is 12.